The lowest BCUT2D eigenvalue weighted by molar-refractivity contribution is -0.118. The number of thiazole rings is 1. The zero-order chi connectivity index (χ0) is 21.1. The van der Waals surface area contributed by atoms with Crippen LogP contribution in [0.25, 0.3) is 10.2 Å². The fourth-order valence-corrected chi connectivity index (χ4v) is 4.26. The van der Waals surface area contributed by atoms with E-state index in [1.165, 1.54) is 16.9 Å². The highest BCUT2D eigenvalue weighted by Crippen LogP contribution is 2.30. The SMILES string of the molecule is CC(C)(C)c1ccc(OCC(=O)Nc2nc3ccc(N4CCOCC4)cc3s2)cc1. The van der Waals surface area contributed by atoms with Crippen LogP contribution in [0.2, 0.25) is 0 Å². The summed E-state index contributed by atoms with van der Waals surface area (Å²) < 4.78 is 12.1. The van der Waals surface area contributed by atoms with Crippen molar-refractivity contribution in [2.24, 2.45) is 0 Å². The van der Waals surface area contributed by atoms with Crippen molar-refractivity contribution in [3.63, 3.8) is 0 Å². The molecule has 4 rings (SSSR count). The Bertz CT molecular complexity index is 1020. The van der Waals surface area contributed by atoms with Crippen LogP contribution in [-0.2, 0) is 14.9 Å². The molecular weight excluding hydrogens is 398 g/mol. The largest absolute Gasteiger partial charge is 0.484 e. The summed E-state index contributed by atoms with van der Waals surface area (Å²) in [5, 5.41) is 3.43. The number of morpholine rings is 1. The topological polar surface area (TPSA) is 63.7 Å². The summed E-state index contributed by atoms with van der Waals surface area (Å²) in [7, 11) is 0. The highest BCUT2D eigenvalue weighted by atomic mass is 32.1. The van der Waals surface area contributed by atoms with Gasteiger partial charge in [-0.2, -0.15) is 0 Å². The lowest BCUT2D eigenvalue weighted by atomic mass is 9.87. The lowest BCUT2D eigenvalue weighted by Crippen LogP contribution is -2.36. The molecule has 6 nitrogen and oxygen atoms in total. The molecule has 0 aliphatic carbocycles. The fraction of sp³-hybridized carbons (Fsp3) is 0.391. The number of ether oxygens (including phenoxy) is 2. The normalized spacial score (nSPS) is 14.7. The molecule has 30 heavy (non-hydrogen) atoms. The predicted molar refractivity (Wildman–Crippen MR) is 122 cm³/mol. The van der Waals surface area contributed by atoms with E-state index in [1.54, 1.807) is 0 Å². The van der Waals surface area contributed by atoms with E-state index in [0.717, 1.165) is 42.2 Å². The number of amides is 1. The van der Waals surface area contributed by atoms with Crippen LogP contribution >= 0.6 is 11.3 Å². The zero-order valence-corrected chi connectivity index (χ0v) is 18.4. The highest BCUT2D eigenvalue weighted by molar-refractivity contribution is 7.22. The fourth-order valence-electron chi connectivity index (χ4n) is 3.34. The third kappa shape index (κ3) is 4.91. The molecule has 0 bridgehead atoms. The number of hydrogen-bond acceptors (Lipinski definition) is 6. The van der Waals surface area contributed by atoms with Crippen molar-refractivity contribution >= 4 is 38.3 Å². The average molecular weight is 426 g/mol. The summed E-state index contributed by atoms with van der Waals surface area (Å²) in [5.41, 5.74) is 3.36. The van der Waals surface area contributed by atoms with Crippen LogP contribution in [0.3, 0.4) is 0 Å². The maximum absolute atomic E-state index is 12.3. The molecule has 2 aromatic carbocycles. The van der Waals surface area contributed by atoms with Crippen LogP contribution in [0.5, 0.6) is 5.75 Å². The third-order valence-electron chi connectivity index (χ3n) is 5.08. The first-order valence-corrected chi connectivity index (χ1v) is 11.0. The summed E-state index contributed by atoms with van der Waals surface area (Å²) in [6, 6.07) is 14.1. The van der Waals surface area contributed by atoms with Gasteiger partial charge in [0.2, 0.25) is 0 Å². The van der Waals surface area contributed by atoms with Gasteiger partial charge in [0.15, 0.2) is 11.7 Å². The number of rotatable bonds is 5. The summed E-state index contributed by atoms with van der Waals surface area (Å²) in [5.74, 6) is 0.458. The Morgan fingerprint density at radius 2 is 1.90 bits per heavy atom. The molecule has 1 N–H and O–H groups in total. The van der Waals surface area contributed by atoms with E-state index in [4.69, 9.17) is 9.47 Å². The molecule has 158 valence electrons. The molecular formula is C23H27N3O3S. The molecule has 0 unspecified atom stereocenters. The molecule has 1 fully saturated rings. The van der Waals surface area contributed by atoms with Gasteiger partial charge in [-0.3, -0.25) is 10.1 Å². The van der Waals surface area contributed by atoms with Crippen LogP contribution in [-0.4, -0.2) is 43.8 Å². The van der Waals surface area contributed by atoms with Crippen LogP contribution in [0.15, 0.2) is 42.5 Å². The number of benzene rings is 2. The predicted octanol–water partition coefficient (Wildman–Crippen LogP) is 4.45. The van der Waals surface area contributed by atoms with Crippen molar-refractivity contribution in [2.75, 3.05) is 43.1 Å². The number of anilines is 2. The third-order valence-corrected chi connectivity index (χ3v) is 6.02. The molecule has 0 radical (unpaired) electrons. The first-order chi connectivity index (χ1) is 14.4. The van der Waals surface area contributed by atoms with Crippen molar-refractivity contribution in [1.29, 1.82) is 0 Å². The van der Waals surface area contributed by atoms with Crippen molar-refractivity contribution in [3.05, 3.63) is 48.0 Å². The second-order valence-electron chi connectivity index (χ2n) is 8.38. The molecule has 1 aliphatic rings. The Morgan fingerprint density at radius 1 is 1.17 bits per heavy atom. The minimum absolute atomic E-state index is 0.0518. The van der Waals surface area contributed by atoms with Gasteiger partial charge in [0, 0.05) is 18.8 Å². The van der Waals surface area contributed by atoms with E-state index in [9.17, 15) is 4.79 Å². The molecule has 7 heteroatoms. The van der Waals surface area contributed by atoms with Crippen LogP contribution in [0.1, 0.15) is 26.3 Å². The van der Waals surface area contributed by atoms with Gasteiger partial charge in [-0.05, 0) is 41.3 Å². The second kappa shape index (κ2) is 8.62. The van der Waals surface area contributed by atoms with Gasteiger partial charge in [-0.25, -0.2) is 4.98 Å². The maximum atomic E-state index is 12.3. The Labute approximate surface area is 180 Å². The van der Waals surface area contributed by atoms with Gasteiger partial charge >= 0.3 is 0 Å². The number of carbonyl (C=O) groups is 1. The van der Waals surface area contributed by atoms with Crippen molar-refractivity contribution in [1.82, 2.24) is 4.98 Å². The van der Waals surface area contributed by atoms with E-state index in [2.05, 4.69) is 48.1 Å². The number of carbonyl (C=O) groups excluding carboxylic acids is 1. The molecule has 0 saturated carbocycles. The first-order valence-electron chi connectivity index (χ1n) is 10.1. The van der Waals surface area contributed by atoms with Gasteiger partial charge in [-0.1, -0.05) is 44.2 Å². The molecule has 1 amide bonds. The van der Waals surface area contributed by atoms with E-state index in [1.807, 2.05) is 30.3 Å². The Kier molecular flexibility index (Phi) is 5.92. The van der Waals surface area contributed by atoms with Crippen molar-refractivity contribution in [2.45, 2.75) is 26.2 Å². The average Bonchev–Trinajstić information content (AvgIpc) is 3.14. The quantitative estimate of drug-likeness (QED) is 0.654. The summed E-state index contributed by atoms with van der Waals surface area (Å²) in [4.78, 5) is 19.1. The lowest BCUT2D eigenvalue weighted by Gasteiger charge is -2.28. The molecule has 0 spiro atoms. The van der Waals surface area contributed by atoms with E-state index >= 15 is 0 Å². The molecule has 1 aliphatic heterocycles. The van der Waals surface area contributed by atoms with Gasteiger partial charge in [0.05, 0.1) is 23.4 Å². The van der Waals surface area contributed by atoms with Crippen LogP contribution < -0.4 is 15.0 Å². The Morgan fingerprint density at radius 3 is 2.60 bits per heavy atom. The van der Waals surface area contributed by atoms with Crippen molar-refractivity contribution in [3.8, 4) is 5.75 Å². The van der Waals surface area contributed by atoms with Gasteiger partial charge < -0.3 is 14.4 Å². The number of fused-ring (bicyclic) bond motifs is 1. The number of hydrogen-bond donors (Lipinski definition) is 1. The Hall–Kier alpha value is -2.64. The molecule has 3 aromatic rings. The zero-order valence-electron chi connectivity index (χ0n) is 17.6. The highest BCUT2D eigenvalue weighted by Gasteiger charge is 2.15. The maximum Gasteiger partial charge on any atom is 0.264 e. The van der Waals surface area contributed by atoms with E-state index in [-0.39, 0.29) is 17.9 Å². The summed E-state index contributed by atoms with van der Waals surface area (Å²) in [6.45, 7) is 9.73. The van der Waals surface area contributed by atoms with Gasteiger partial charge in [0.1, 0.15) is 5.75 Å². The number of aromatic nitrogens is 1. The molecule has 0 atom stereocenters. The van der Waals surface area contributed by atoms with Gasteiger partial charge in [-0.15, -0.1) is 0 Å². The minimum atomic E-state index is -0.220. The number of nitrogens with zero attached hydrogens (tertiary/aromatic N) is 2. The first kappa shape index (κ1) is 20.6. The Balaban J connectivity index is 1.35. The van der Waals surface area contributed by atoms with Crippen LogP contribution in [0.4, 0.5) is 10.8 Å². The monoisotopic (exact) mass is 425 g/mol. The molecule has 1 aromatic heterocycles. The molecule has 2 heterocycles. The smallest absolute Gasteiger partial charge is 0.264 e. The summed E-state index contributed by atoms with van der Waals surface area (Å²) >= 11 is 1.47. The number of nitrogens with one attached hydrogen (secondary N) is 1. The molecule has 1 saturated heterocycles. The summed E-state index contributed by atoms with van der Waals surface area (Å²) in [6.07, 6.45) is 0. The second-order valence-corrected chi connectivity index (χ2v) is 9.41. The van der Waals surface area contributed by atoms with Gasteiger partial charge in [0.25, 0.3) is 5.91 Å². The van der Waals surface area contributed by atoms with E-state index < -0.39 is 0 Å². The van der Waals surface area contributed by atoms with Crippen molar-refractivity contribution < 1.29 is 14.3 Å². The minimum Gasteiger partial charge on any atom is -0.484 e. The van der Waals surface area contributed by atoms with E-state index in [0.29, 0.717) is 10.9 Å². The van der Waals surface area contributed by atoms with Crippen LogP contribution in [0, 0.1) is 0 Å². The standard InChI is InChI=1S/C23H27N3O3S/c1-23(2,3)16-4-7-18(8-5-16)29-15-21(27)25-22-24-19-9-6-17(14-20(19)30-22)26-10-12-28-13-11-26/h4-9,14H,10-13,15H2,1-3H3,(H,24,25,27).